The molecule has 0 aromatic carbocycles. The van der Waals surface area contributed by atoms with Gasteiger partial charge < -0.3 is 24.8 Å². The van der Waals surface area contributed by atoms with Gasteiger partial charge >= 0.3 is 11.9 Å². The van der Waals surface area contributed by atoms with E-state index >= 15 is 0 Å². The molecule has 13 atom stereocenters. The summed E-state index contributed by atoms with van der Waals surface area (Å²) in [6.07, 6.45) is 15.5. The largest absolute Gasteiger partial charge is 0.465 e. The molecule has 7 heteroatoms. The Morgan fingerprint density at radius 3 is 2.06 bits per heavy atom. The highest BCUT2D eigenvalue weighted by Gasteiger charge is 2.63. The Hall–Kier alpha value is -1.18. The number of aliphatic hydroxyl groups excluding tert-OH is 3. The number of hydrogen-bond donors (Lipinski definition) is 3. The van der Waals surface area contributed by atoms with E-state index < -0.39 is 35.7 Å². The van der Waals surface area contributed by atoms with E-state index in [9.17, 15) is 24.9 Å². The van der Waals surface area contributed by atoms with Crippen LogP contribution in [0.15, 0.2) is 0 Å². The molecule has 1 heterocycles. The first-order valence-corrected chi connectivity index (χ1v) is 20.7. The average molecular weight is 691 g/mol. The first kappa shape index (κ1) is 40.6. The van der Waals surface area contributed by atoms with Crippen molar-refractivity contribution in [1.29, 1.82) is 0 Å². The summed E-state index contributed by atoms with van der Waals surface area (Å²) in [5.74, 6) is 0.461. The lowest BCUT2D eigenvalue weighted by molar-refractivity contribution is -0.178. The first-order chi connectivity index (χ1) is 23.3. The second-order valence-corrected chi connectivity index (χ2v) is 18.1. The number of ether oxygens (including phenoxy) is 2. The zero-order valence-electron chi connectivity index (χ0n) is 32.3. The van der Waals surface area contributed by atoms with Crippen LogP contribution in [-0.4, -0.2) is 58.3 Å². The molecule has 0 amide bonds. The Morgan fingerprint density at radius 2 is 1.45 bits per heavy atom. The van der Waals surface area contributed by atoms with Gasteiger partial charge in [0.25, 0.3) is 0 Å². The molecule has 7 nitrogen and oxygen atoms in total. The molecule has 4 fully saturated rings. The van der Waals surface area contributed by atoms with Crippen LogP contribution in [0.2, 0.25) is 0 Å². The highest BCUT2D eigenvalue weighted by Crippen LogP contribution is 2.66. The molecular formula is C42H74O7. The number of unbranched alkanes of at least 4 members (excludes halogenated alkanes) is 10. The standard InChI is InChI=1S/C42H74O7/c1-8-9-10-11-12-13-14-15-16-17-18-19-37(44)49-36-24-34-40(47)48-26-30-32-21-20-31(29(5)39(46)38(45)28(4)27(2)3)41(32,6)23-22-33(30)42(34,7)25-35(36)43/h27-36,38-39,43,45-46H,8-26H2,1-7H3/t28-,29+,30+,31-,32+,33+,34-,35-,36-,38-,39-,41-,42-/m1/s1. The van der Waals surface area contributed by atoms with E-state index in [4.69, 9.17) is 9.47 Å². The summed E-state index contributed by atoms with van der Waals surface area (Å²) in [7, 11) is 0. The molecule has 0 aromatic rings. The number of esters is 2. The Kier molecular flexibility index (Phi) is 14.9. The van der Waals surface area contributed by atoms with Crippen LogP contribution in [0, 0.1) is 58.2 Å². The minimum atomic E-state index is -0.793. The lowest BCUT2D eigenvalue weighted by Crippen LogP contribution is -2.55. The van der Waals surface area contributed by atoms with Gasteiger partial charge in [0.05, 0.1) is 30.8 Å². The molecule has 284 valence electrons. The number of cyclic esters (lactones) is 1. The Labute approximate surface area is 299 Å². The summed E-state index contributed by atoms with van der Waals surface area (Å²) in [4.78, 5) is 26.5. The maximum atomic E-state index is 13.6. The van der Waals surface area contributed by atoms with Crippen LogP contribution in [0.5, 0.6) is 0 Å². The number of hydrogen-bond acceptors (Lipinski definition) is 7. The van der Waals surface area contributed by atoms with E-state index in [1.54, 1.807) is 0 Å². The van der Waals surface area contributed by atoms with Crippen molar-refractivity contribution in [3.05, 3.63) is 0 Å². The van der Waals surface area contributed by atoms with Crippen molar-refractivity contribution < 1.29 is 34.4 Å². The molecule has 0 radical (unpaired) electrons. The van der Waals surface area contributed by atoms with Crippen LogP contribution in [0.1, 0.15) is 164 Å². The summed E-state index contributed by atoms with van der Waals surface area (Å²) < 4.78 is 12.0. The third-order valence-corrected chi connectivity index (χ3v) is 14.8. The van der Waals surface area contributed by atoms with E-state index in [1.807, 2.05) is 6.92 Å². The molecule has 1 saturated heterocycles. The number of aliphatic hydroxyl groups is 3. The minimum Gasteiger partial charge on any atom is -0.465 e. The monoisotopic (exact) mass is 691 g/mol. The summed E-state index contributed by atoms with van der Waals surface area (Å²) in [5, 5.41) is 33.8. The second kappa shape index (κ2) is 18.0. The van der Waals surface area contributed by atoms with Crippen LogP contribution < -0.4 is 0 Å². The highest BCUT2D eigenvalue weighted by molar-refractivity contribution is 5.74. The van der Waals surface area contributed by atoms with Gasteiger partial charge in [-0.05, 0) is 90.8 Å². The van der Waals surface area contributed by atoms with Crippen molar-refractivity contribution in [2.24, 2.45) is 58.2 Å². The van der Waals surface area contributed by atoms with Gasteiger partial charge in [0.1, 0.15) is 6.10 Å². The molecule has 3 aliphatic carbocycles. The second-order valence-electron chi connectivity index (χ2n) is 18.1. The quantitative estimate of drug-likeness (QED) is 0.0975. The fourth-order valence-electron chi connectivity index (χ4n) is 11.2. The SMILES string of the molecule is CCCCCCCCCCCCCC(=O)O[C@@H]1C[C@@H]2C(=O)OC[C@@H]3[C@H](CC[C@]4(C)[C@@H]([C@H](C)[C@@H](O)[C@H](O)[C@H](C)C(C)C)CC[C@@H]34)[C@@]2(C)C[C@H]1O. The Morgan fingerprint density at radius 1 is 0.857 bits per heavy atom. The maximum Gasteiger partial charge on any atom is 0.309 e. The molecule has 0 unspecified atom stereocenters. The van der Waals surface area contributed by atoms with Gasteiger partial charge in [-0.3, -0.25) is 9.59 Å². The highest BCUT2D eigenvalue weighted by atomic mass is 16.6. The minimum absolute atomic E-state index is 0.00937. The van der Waals surface area contributed by atoms with Crippen molar-refractivity contribution in [2.45, 2.75) is 188 Å². The van der Waals surface area contributed by atoms with Crippen LogP contribution in [0.4, 0.5) is 0 Å². The Balaban J connectivity index is 1.30. The molecule has 0 bridgehead atoms. The Bertz CT molecular complexity index is 1050. The third kappa shape index (κ3) is 9.25. The molecule has 3 saturated carbocycles. The van der Waals surface area contributed by atoms with Gasteiger partial charge in [-0.25, -0.2) is 0 Å². The maximum absolute atomic E-state index is 13.6. The van der Waals surface area contributed by atoms with Crippen molar-refractivity contribution in [2.75, 3.05) is 6.61 Å². The average Bonchev–Trinajstić information content (AvgIpc) is 3.37. The smallest absolute Gasteiger partial charge is 0.309 e. The van der Waals surface area contributed by atoms with Crippen LogP contribution in [0.3, 0.4) is 0 Å². The molecule has 0 spiro atoms. The van der Waals surface area contributed by atoms with Crippen molar-refractivity contribution in [1.82, 2.24) is 0 Å². The van der Waals surface area contributed by atoms with Crippen molar-refractivity contribution >= 4 is 11.9 Å². The van der Waals surface area contributed by atoms with Gasteiger partial charge in [0, 0.05) is 12.8 Å². The topological polar surface area (TPSA) is 113 Å². The third-order valence-electron chi connectivity index (χ3n) is 14.8. The van der Waals surface area contributed by atoms with Gasteiger partial charge in [0.2, 0.25) is 0 Å². The summed E-state index contributed by atoms with van der Waals surface area (Å²) in [6.45, 7) is 15.5. The number of carbonyl (C=O) groups is 2. The zero-order valence-corrected chi connectivity index (χ0v) is 32.3. The summed E-state index contributed by atoms with van der Waals surface area (Å²) in [6, 6.07) is 0. The molecular weight excluding hydrogens is 616 g/mol. The fourth-order valence-corrected chi connectivity index (χ4v) is 11.2. The molecule has 4 aliphatic rings. The number of rotatable bonds is 18. The first-order valence-electron chi connectivity index (χ1n) is 20.7. The predicted octanol–water partition coefficient (Wildman–Crippen LogP) is 8.64. The lowest BCUT2D eigenvalue weighted by atomic mass is 9.48. The van der Waals surface area contributed by atoms with Crippen LogP contribution in [0.25, 0.3) is 0 Å². The summed E-state index contributed by atoms with van der Waals surface area (Å²) in [5.41, 5.74) is -0.436. The molecule has 4 rings (SSSR count). The predicted molar refractivity (Wildman–Crippen MR) is 194 cm³/mol. The molecule has 1 aliphatic heterocycles. The van der Waals surface area contributed by atoms with E-state index in [0.717, 1.165) is 44.9 Å². The molecule has 3 N–H and O–H groups in total. The molecule has 49 heavy (non-hydrogen) atoms. The van der Waals surface area contributed by atoms with Crippen LogP contribution in [-0.2, 0) is 19.1 Å². The van der Waals surface area contributed by atoms with Gasteiger partial charge in [-0.15, -0.1) is 0 Å². The van der Waals surface area contributed by atoms with Gasteiger partial charge in [-0.1, -0.05) is 113 Å². The number of fused-ring (bicyclic) bond motifs is 5. The van der Waals surface area contributed by atoms with E-state index in [0.29, 0.717) is 31.8 Å². The summed E-state index contributed by atoms with van der Waals surface area (Å²) >= 11 is 0. The van der Waals surface area contributed by atoms with Crippen LogP contribution >= 0.6 is 0 Å². The van der Waals surface area contributed by atoms with Gasteiger partial charge in [-0.2, -0.15) is 0 Å². The number of carbonyl (C=O) groups excluding carboxylic acids is 2. The normalized spacial score (nSPS) is 36.9. The lowest BCUT2D eigenvalue weighted by Gasteiger charge is -2.56. The van der Waals surface area contributed by atoms with Crippen molar-refractivity contribution in [3.63, 3.8) is 0 Å². The fraction of sp³-hybridized carbons (Fsp3) is 0.952. The van der Waals surface area contributed by atoms with Crippen molar-refractivity contribution in [3.8, 4) is 0 Å². The van der Waals surface area contributed by atoms with E-state index in [-0.39, 0.29) is 52.9 Å². The zero-order chi connectivity index (χ0) is 35.9. The van der Waals surface area contributed by atoms with Gasteiger partial charge in [0.15, 0.2) is 0 Å². The van der Waals surface area contributed by atoms with E-state index in [1.165, 1.54) is 51.4 Å². The molecule has 0 aromatic heterocycles. The van der Waals surface area contributed by atoms with E-state index in [2.05, 4.69) is 41.5 Å².